The molecule has 198 valence electrons. The second kappa shape index (κ2) is 14.9. The first-order chi connectivity index (χ1) is 16.4. The molecule has 0 aromatic heterocycles. The van der Waals surface area contributed by atoms with Gasteiger partial charge in [0.15, 0.2) is 0 Å². The molecule has 1 saturated carbocycles. The summed E-state index contributed by atoms with van der Waals surface area (Å²) in [5, 5.41) is 48.6. The summed E-state index contributed by atoms with van der Waals surface area (Å²) in [5.74, 6) is -6.72. The number of hydrogen-bond donors (Lipinski definition) is 6. The van der Waals surface area contributed by atoms with Crippen molar-refractivity contribution in [3.8, 4) is 0 Å². The first-order valence-electron chi connectivity index (χ1n) is 11.0. The molecular formula is C20H32N4O11. The lowest BCUT2D eigenvalue weighted by atomic mass is 10.1. The highest BCUT2D eigenvalue weighted by Crippen LogP contribution is 2.19. The highest BCUT2D eigenvalue weighted by molar-refractivity contribution is 5.79. The Morgan fingerprint density at radius 3 is 1.40 bits per heavy atom. The van der Waals surface area contributed by atoms with Crippen LogP contribution in [-0.2, 0) is 28.8 Å². The molecule has 0 bridgehead atoms. The van der Waals surface area contributed by atoms with Crippen LogP contribution in [0.2, 0.25) is 0 Å². The third-order valence-electron chi connectivity index (χ3n) is 5.16. The maximum absolute atomic E-state index is 12.1. The molecule has 1 aliphatic carbocycles. The van der Waals surface area contributed by atoms with Crippen molar-refractivity contribution in [1.82, 2.24) is 20.0 Å². The standard InChI is InChI=1S/C20H32N4O11/c25-15(21-13-1-2-13)4-3-14(20(34)35)24(7-5-22(9-16(26)27)10-17(28)29)8-6-23(11-18(30)31)12-19(32)33/h13-14H,1-12H2,(H,21,25)(H,26,27)(H,28,29)(H,30,31)(H,32,33)(H,34,35). The summed E-state index contributed by atoms with van der Waals surface area (Å²) in [5.41, 5.74) is 0. The van der Waals surface area contributed by atoms with E-state index in [1.54, 1.807) is 0 Å². The topological polar surface area (TPSA) is 225 Å². The maximum Gasteiger partial charge on any atom is 0.320 e. The van der Waals surface area contributed by atoms with Gasteiger partial charge in [-0.2, -0.15) is 0 Å². The number of rotatable bonds is 20. The highest BCUT2D eigenvalue weighted by Gasteiger charge is 2.29. The number of carbonyl (C=O) groups is 6. The fourth-order valence-electron chi connectivity index (χ4n) is 3.41. The summed E-state index contributed by atoms with van der Waals surface area (Å²) in [6, 6.07) is -1.14. The molecule has 1 unspecified atom stereocenters. The van der Waals surface area contributed by atoms with Crippen molar-refractivity contribution < 1.29 is 54.3 Å². The lowest BCUT2D eigenvalue weighted by Crippen LogP contribution is -2.50. The van der Waals surface area contributed by atoms with Crippen molar-refractivity contribution in [3.05, 3.63) is 0 Å². The number of carbonyl (C=O) groups excluding carboxylic acids is 1. The summed E-state index contributed by atoms with van der Waals surface area (Å²) < 4.78 is 0. The number of aliphatic carboxylic acids is 5. The quantitative estimate of drug-likeness (QED) is 0.103. The summed E-state index contributed by atoms with van der Waals surface area (Å²) >= 11 is 0. The lowest BCUT2D eigenvalue weighted by Gasteiger charge is -2.32. The molecule has 1 aliphatic rings. The molecule has 1 fully saturated rings. The molecule has 15 heteroatoms. The van der Waals surface area contributed by atoms with E-state index in [4.69, 9.17) is 20.4 Å². The normalized spacial score (nSPS) is 14.1. The predicted molar refractivity (Wildman–Crippen MR) is 117 cm³/mol. The molecule has 15 nitrogen and oxygen atoms in total. The minimum absolute atomic E-state index is 0.0862. The summed E-state index contributed by atoms with van der Waals surface area (Å²) in [6.45, 7) is -2.94. The molecule has 1 amide bonds. The third kappa shape index (κ3) is 13.9. The van der Waals surface area contributed by atoms with Crippen molar-refractivity contribution in [2.75, 3.05) is 52.4 Å². The van der Waals surface area contributed by atoms with Crippen molar-refractivity contribution in [2.45, 2.75) is 37.8 Å². The van der Waals surface area contributed by atoms with Crippen LogP contribution in [0.25, 0.3) is 0 Å². The van der Waals surface area contributed by atoms with Gasteiger partial charge in [0.2, 0.25) is 5.91 Å². The van der Waals surface area contributed by atoms with Crippen LogP contribution in [0.1, 0.15) is 25.7 Å². The number of hydrogen-bond acceptors (Lipinski definition) is 9. The molecule has 0 heterocycles. The molecule has 0 radical (unpaired) electrons. The van der Waals surface area contributed by atoms with Gasteiger partial charge in [-0.1, -0.05) is 0 Å². The van der Waals surface area contributed by atoms with Gasteiger partial charge >= 0.3 is 29.8 Å². The van der Waals surface area contributed by atoms with Gasteiger partial charge in [0.25, 0.3) is 0 Å². The summed E-state index contributed by atoms with van der Waals surface area (Å²) in [4.78, 5) is 71.9. The minimum Gasteiger partial charge on any atom is -0.480 e. The molecule has 1 atom stereocenters. The van der Waals surface area contributed by atoms with Gasteiger partial charge in [-0.15, -0.1) is 0 Å². The first-order valence-corrected chi connectivity index (χ1v) is 11.0. The van der Waals surface area contributed by atoms with Crippen molar-refractivity contribution in [2.24, 2.45) is 0 Å². The monoisotopic (exact) mass is 504 g/mol. The molecule has 0 saturated heterocycles. The van der Waals surface area contributed by atoms with Crippen LogP contribution in [-0.4, -0.2) is 140 Å². The SMILES string of the molecule is O=C(O)CN(CCN(CCN(CC(=O)O)CC(=O)O)C(CCC(=O)NC1CC1)C(=O)O)CC(=O)O. The molecular weight excluding hydrogens is 472 g/mol. The van der Waals surface area contributed by atoms with Gasteiger partial charge in [-0.05, 0) is 19.3 Å². The Morgan fingerprint density at radius 2 is 1.09 bits per heavy atom. The average Bonchev–Trinajstić information content (AvgIpc) is 3.50. The fraction of sp³-hybridized carbons (Fsp3) is 0.700. The Morgan fingerprint density at radius 1 is 0.686 bits per heavy atom. The molecule has 0 aromatic carbocycles. The Kier molecular flexibility index (Phi) is 12.6. The van der Waals surface area contributed by atoms with E-state index in [1.165, 1.54) is 4.90 Å². The zero-order chi connectivity index (χ0) is 26.5. The maximum atomic E-state index is 12.1. The van der Waals surface area contributed by atoms with Crippen molar-refractivity contribution >= 4 is 35.8 Å². The van der Waals surface area contributed by atoms with Crippen molar-refractivity contribution in [1.29, 1.82) is 0 Å². The van der Waals surface area contributed by atoms with E-state index in [9.17, 15) is 33.9 Å². The van der Waals surface area contributed by atoms with Gasteiger partial charge in [-0.3, -0.25) is 43.5 Å². The third-order valence-corrected chi connectivity index (χ3v) is 5.16. The first kappa shape index (κ1) is 29.7. The minimum atomic E-state index is -1.28. The van der Waals surface area contributed by atoms with E-state index >= 15 is 0 Å². The van der Waals surface area contributed by atoms with Crippen LogP contribution < -0.4 is 5.32 Å². The van der Waals surface area contributed by atoms with Crippen LogP contribution in [0.15, 0.2) is 0 Å². The van der Waals surface area contributed by atoms with Crippen LogP contribution in [0.5, 0.6) is 0 Å². The van der Waals surface area contributed by atoms with Crippen LogP contribution in [0, 0.1) is 0 Å². The number of nitrogens with one attached hydrogen (secondary N) is 1. The largest absolute Gasteiger partial charge is 0.480 e. The highest BCUT2D eigenvalue weighted by atomic mass is 16.4. The number of carboxylic acids is 5. The van der Waals surface area contributed by atoms with E-state index in [-0.39, 0.29) is 51.0 Å². The van der Waals surface area contributed by atoms with Crippen LogP contribution in [0.3, 0.4) is 0 Å². The van der Waals surface area contributed by atoms with Crippen LogP contribution in [0.4, 0.5) is 0 Å². The van der Waals surface area contributed by atoms with Crippen LogP contribution >= 0.6 is 0 Å². The Bertz CT molecular complexity index is 715. The smallest absolute Gasteiger partial charge is 0.320 e. The molecule has 0 aliphatic heterocycles. The van der Waals surface area contributed by atoms with E-state index in [0.29, 0.717) is 0 Å². The molecule has 1 rings (SSSR count). The van der Waals surface area contributed by atoms with E-state index in [2.05, 4.69) is 5.32 Å². The second-order valence-electron chi connectivity index (χ2n) is 8.27. The molecule has 0 aromatic rings. The number of nitrogens with zero attached hydrogens (tertiary/aromatic N) is 3. The van der Waals surface area contributed by atoms with Crippen molar-refractivity contribution in [3.63, 3.8) is 0 Å². The predicted octanol–water partition coefficient (Wildman–Crippen LogP) is -2.26. The molecule has 0 spiro atoms. The lowest BCUT2D eigenvalue weighted by molar-refractivity contribution is -0.146. The Balaban J connectivity index is 2.96. The zero-order valence-electron chi connectivity index (χ0n) is 19.2. The average molecular weight is 504 g/mol. The Labute approximate surface area is 200 Å². The zero-order valence-corrected chi connectivity index (χ0v) is 19.2. The Hall–Kier alpha value is -3.30. The van der Waals surface area contributed by atoms with Gasteiger partial charge in [0.05, 0.1) is 26.2 Å². The molecule has 6 N–H and O–H groups in total. The van der Waals surface area contributed by atoms with Gasteiger partial charge in [0, 0.05) is 38.6 Å². The van der Waals surface area contributed by atoms with E-state index in [0.717, 1.165) is 22.6 Å². The summed E-state index contributed by atoms with van der Waals surface area (Å²) in [7, 11) is 0. The molecule has 35 heavy (non-hydrogen) atoms. The van der Waals surface area contributed by atoms with Gasteiger partial charge < -0.3 is 30.8 Å². The second-order valence-corrected chi connectivity index (χ2v) is 8.27. The fourth-order valence-corrected chi connectivity index (χ4v) is 3.41. The van der Waals surface area contributed by atoms with E-state index < -0.39 is 62.1 Å². The van der Waals surface area contributed by atoms with Gasteiger partial charge in [0.1, 0.15) is 6.04 Å². The number of carboxylic acid groups (broad SMARTS) is 5. The number of amides is 1. The summed E-state index contributed by atoms with van der Waals surface area (Å²) in [6.07, 6.45) is 1.49. The van der Waals surface area contributed by atoms with Gasteiger partial charge in [-0.25, -0.2) is 0 Å². The van der Waals surface area contributed by atoms with E-state index in [1.807, 2.05) is 0 Å².